The molecule has 51 heavy (non-hydrogen) atoms. The molecule has 6 unspecified atom stereocenters. The molecule has 3 aromatic carbocycles. The first-order valence-corrected chi connectivity index (χ1v) is 16.1. The third kappa shape index (κ3) is 4.48. The number of phenols is 1. The molecule has 6 atom stereocenters. The van der Waals surface area contributed by atoms with Crippen LogP contribution < -0.4 is 14.5 Å². The van der Waals surface area contributed by atoms with Crippen molar-refractivity contribution in [1.82, 2.24) is 0 Å². The maximum absolute atomic E-state index is 15.2. The van der Waals surface area contributed by atoms with Crippen molar-refractivity contribution in [2.24, 2.45) is 17.8 Å². The minimum atomic E-state index is -2.81. The summed E-state index contributed by atoms with van der Waals surface area (Å²) in [7, 11) is 1.28. The average molecular weight is 749 g/mol. The van der Waals surface area contributed by atoms with Gasteiger partial charge in [-0.1, -0.05) is 11.6 Å². The third-order valence-corrected chi connectivity index (χ3v) is 11.7. The van der Waals surface area contributed by atoms with E-state index >= 15 is 8.78 Å². The first-order valence-electron chi connectivity index (χ1n) is 15.3. The van der Waals surface area contributed by atoms with Crippen molar-refractivity contribution in [3.8, 4) is 11.5 Å². The van der Waals surface area contributed by atoms with Gasteiger partial charge in [-0.2, -0.15) is 0 Å². The molecule has 3 aromatic rings. The Labute approximate surface area is 295 Å². The zero-order valence-corrected chi connectivity index (χ0v) is 27.8. The molecule has 0 bridgehead atoms. The highest BCUT2D eigenvalue weighted by molar-refractivity contribution is 6.58. The highest BCUT2D eigenvalue weighted by atomic mass is 35.5. The van der Waals surface area contributed by atoms with Crippen LogP contribution in [0.4, 0.5) is 33.3 Å². The molecule has 4 amide bonds. The number of methoxy groups -OCH3 is 1. The Morgan fingerprint density at radius 2 is 1.45 bits per heavy atom. The number of benzene rings is 3. The van der Waals surface area contributed by atoms with E-state index in [1.807, 2.05) is 0 Å². The number of carbonyl (C=O) groups is 5. The van der Waals surface area contributed by atoms with Gasteiger partial charge in [0.1, 0.15) is 17.2 Å². The molecule has 9 nitrogen and oxygen atoms in total. The Morgan fingerprint density at radius 1 is 0.843 bits per heavy atom. The number of imide groups is 2. The fourth-order valence-corrected chi connectivity index (χ4v) is 8.83. The fourth-order valence-electron chi connectivity index (χ4n) is 7.90. The molecule has 2 aliphatic carbocycles. The number of alkyl halides is 2. The van der Waals surface area contributed by atoms with Gasteiger partial charge in [0, 0.05) is 17.0 Å². The first-order chi connectivity index (χ1) is 24.0. The summed E-state index contributed by atoms with van der Waals surface area (Å²) >= 11 is 14.2. The van der Waals surface area contributed by atoms with Crippen LogP contribution in [0.15, 0.2) is 54.1 Å². The van der Waals surface area contributed by atoms with Crippen LogP contribution in [0.1, 0.15) is 41.6 Å². The van der Waals surface area contributed by atoms with Gasteiger partial charge in [-0.3, -0.25) is 28.9 Å². The normalized spacial score (nSPS) is 28.5. The molecule has 0 radical (unpaired) electrons. The van der Waals surface area contributed by atoms with Crippen LogP contribution in [-0.2, 0) is 19.2 Å². The number of hydrogen-bond donors (Lipinski definition) is 1. The van der Waals surface area contributed by atoms with E-state index in [2.05, 4.69) is 0 Å². The number of rotatable bonds is 5. The number of halogens is 7. The van der Waals surface area contributed by atoms with Gasteiger partial charge in [-0.05, 0) is 68.1 Å². The Hall–Kier alpha value is -4.82. The van der Waals surface area contributed by atoms with E-state index in [4.69, 9.17) is 27.9 Å². The Kier molecular flexibility index (Phi) is 7.88. The maximum Gasteiger partial charge on any atom is 0.258 e. The minimum Gasteiger partial charge on any atom is -0.508 e. The largest absolute Gasteiger partial charge is 0.508 e. The van der Waals surface area contributed by atoms with Gasteiger partial charge in [0.2, 0.25) is 17.6 Å². The second-order valence-corrected chi connectivity index (χ2v) is 14.0. The molecular formula is C35H23Cl2F5N2O7. The van der Waals surface area contributed by atoms with Gasteiger partial charge < -0.3 is 9.84 Å². The minimum absolute atomic E-state index is 0.101. The summed E-state index contributed by atoms with van der Waals surface area (Å²) in [6.45, 7) is 1.34. The van der Waals surface area contributed by atoms with Crippen molar-refractivity contribution in [3.05, 3.63) is 94.3 Å². The number of ether oxygens (including phenoxy) is 1. The topological polar surface area (TPSA) is 121 Å². The molecule has 3 fully saturated rings. The van der Waals surface area contributed by atoms with Crippen molar-refractivity contribution in [3.63, 3.8) is 0 Å². The second kappa shape index (κ2) is 11.6. The van der Waals surface area contributed by atoms with E-state index in [9.17, 15) is 42.3 Å². The van der Waals surface area contributed by atoms with Gasteiger partial charge in [0.15, 0.2) is 38.8 Å². The van der Waals surface area contributed by atoms with E-state index in [1.165, 1.54) is 62.6 Å². The lowest BCUT2D eigenvalue weighted by atomic mass is 9.56. The SMILES string of the molecule is COc1ccc(O)c(C2C3=CCC4C(=O)N(c5ccc(C(C)=O)cc5)C(=O)C4C3CC3(Cl)C(=O)N(c4c(F)c(F)c(F)c(F)c4F)C(=O)C23Cl)c1. The lowest BCUT2D eigenvalue weighted by molar-refractivity contribution is -0.125. The van der Waals surface area contributed by atoms with E-state index in [1.54, 1.807) is 0 Å². The lowest BCUT2D eigenvalue weighted by Crippen LogP contribution is -2.60. The summed E-state index contributed by atoms with van der Waals surface area (Å²) in [4.78, 5) is 63.6. The smallest absolute Gasteiger partial charge is 0.258 e. The first kappa shape index (κ1) is 34.6. The van der Waals surface area contributed by atoms with Gasteiger partial charge >= 0.3 is 0 Å². The van der Waals surface area contributed by atoms with E-state index in [0.717, 1.165) is 4.90 Å². The molecule has 0 spiro atoms. The number of hydrogen-bond acceptors (Lipinski definition) is 7. The predicted octanol–water partition coefficient (Wildman–Crippen LogP) is 6.07. The monoisotopic (exact) mass is 748 g/mol. The zero-order valence-electron chi connectivity index (χ0n) is 26.3. The number of anilines is 2. The summed E-state index contributed by atoms with van der Waals surface area (Å²) in [5.41, 5.74) is -1.48. The van der Waals surface area contributed by atoms with Crippen LogP contribution >= 0.6 is 23.2 Å². The molecule has 1 N–H and O–H groups in total. The number of phenolic OH excluding ortho intramolecular Hbond substituents is 1. The molecule has 264 valence electrons. The summed E-state index contributed by atoms with van der Waals surface area (Å²) in [6, 6.07) is 9.43. The quantitative estimate of drug-likeness (QED) is 0.0640. The summed E-state index contributed by atoms with van der Waals surface area (Å²) < 4.78 is 78.6. The summed E-state index contributed by atoms with van der Waals surface area (Å²) in [5, 5.41) is 11.1. The van der Waals surface area contributed by atoms with Crippen molar-refractivity contribution in [2.45, 2.75) is 35.4 Å². The molecule has 4 aliphatic rings. The van der Waals surface area contributed by atoms with Crippen molar-refractivity contribution in [2.75, 3.05) is 16.9 Å². The number of amides is 4. The average Bonchev–Trinajstić information content (AvgIpc) is 3.45. The molecular weight excluding hydrogens is 726 g/mol. The summed E-state index contributed by atoms with van der Waals surface area (Å²) in [5.74, 6) is -22.9. The van der Waals surface area contributed by atoms with Gasteiger partial charge in [-0.15, -0.1) is 23.2 Å². The number of carbonyl (C=O) groups excluding carboxylic acids is 5. The molecule has 0 aromatic heterocycles. The van der Waals surface area contributed by atoms with Crippen LogP contribution in [0.25, 0.3) is 0 Å². The maximum atomic E-state index is 15.2. The van der Waals surface area contributed by atoms with Gasteiger partial charge in [0.25, 0.3) is 11.8 Å². The lowest BCUT2D eigenvalue weighted by Gasteiger charge is -2.50. The van der Waals surface area contributed by atoms with Crippen LogP contribution in [-0.4, -0.2) is 51.4 Å². The van der Waals surface area contributed by atoms with Crippen LogP contribution in [0.3, 0.4) is 0 Å². The molecule has 2 heterocycles. The van der Waals surface area contributed by atoms with Crippen molar-refractivity contribution < 1.29 is 55.8 Å². The molecule has 2 aliphatic heterocycles. The van der Waals surface area contributed by atoms with Crippen molar-refractivity contribution in [1.29, 1.82) is 0 Å². The van der Waals surface area contributed by atoms with Gasteiger partial charge in [0.05, 0.1) is 24.6 Å². The number of aromatic hydroxyl groups is 1. The second-order valence-electron chi connectivity index (χ2n) is 12.7. The third-order valence-electron chi connectivity index (χ3n) is 10.3. The number of ketones is 1. The zero-order chi connectivity index (χ0) is 37.1. The van der Waals surface area contributed by atoms with Gasteiger partial charge in [-0.25, -0.2) is 26.9 Å². The highest BCUT2D eigenvalue weighted by Crippen LogP contribution is 2.67. The molecule has 7 rings (SSSR count). The highest BCUT2D eigenvalue weighted by Gasteiger charge is 2.77. The van der Waals surface area contributed by atoms with Crippen LogP contribution in [0.5, 0.6) is 11.5 Å². The molecule has 2 saturated heterocycles. The number of allylic oxidation sites excluding steroid dienone is 2. The summed E-state index contributed by atoms with van der Waals surface area (Å²) in [6.07, 6.45) is 0.692. The molecule has 1 saturated carbocycles. The number of fused-ring (bicyclic) bond motifs is 4. The Bertz CT molecular complexity index is 2140. The van der Waals surface area contributed by atoms with Crippen LogP contribution in [0, 0.1) is 46.8 Å². The standard InChI is InChI=1S/C35H23Cl2F5N2O7/c1-13(45)14-3-5-15(6-4-14)43-30(47)18-9-8-17-20(22(18)31(43)48)12-34(36)32(49)44(29-27(41)25(39)24(38)26(40)28(29)42)33(50)35(34,37)23(17)19-11-16(51-2)7-10-21(19)46/h3-8,10-11,18,20,22-23,46H,9,12H2,1-2H3. The Balaban J connectivity index is 1.42. The van der Waals surface area contributed by atoms with Crippen molar-refractivity contribution >= 4 is 64.0 Å². The number of Topliss-reactive ketones (excluding diaryl/α,β-unsaturated/α-hetero) is 1. The van der Waals surface area contributed by atoms with E-state index in [-0.39, 0.29) is 39.7 Å². The van der Waals surface area contributed by atoms with Crippen LogP contribution in [0.2, 0.25) is 0 Å². The van der Waals surface area contributed by atoms with E-state index in [0.29, 0.717) is 5.56 Å². The Morgan fingerprint density at radius 3 is 2.04 bits per heavy atom. The number of nitrogens with zero attached hydrogens (tertiary/aromatic N) is 2. The van der Waals surface area contributed by atoms with E-state index < -0.39 is 104 Å². The predicted molar refractivity (Wildman–Crippen MR) is 170 cm³/mol. The fraction of sp³-hybridized carbons (Fsp3) is 0.286. The molecule has 16 heteroatoms.